The molecule has 2 N–H and O–H groups in total. The van der Waals surface area contributed by atoms with E-state index in [0.29, 0.717) is 6.42 Å². The van der Waals surface area contributed by atoms with Crippen LogP contribution in [0.4, 0.5) is 8.78 Å². The monoisotopic (exact) mass is 231 g/mol. The number of rotatable bonds is 3. The lowest BCUT2D eigenvalue weighted by molar-refractivity contribution is 0.561. The van der Waals surface area contributed by atoms with Gasteiger partial charge in [-0.05, 0) is 25.5 Å². The molecule has 0 aliphatic heterocycles. The van der Waals surface area contributed by atoms with Crippen molar-refractivity contribution >= 4 is 11.6 Å². The molecule has 1 rings (SSSR count). The molecule has 4 heteroatoms. The molecule has 0 radical (unpaired) electrons. The van der Waals surface area contributed by atoms with Crippen molar-refractivity contribution in [1.29, 1.82) is 0 Å². The Bertz CT molecular complexity index is 390. The molecule has 1 aromatic rings. The molecule has 1 atom stereocenters. The minimum absolute atomic E-state index is 0.125. The van der Waals surface area contributed by atoms with Crippen LogP contribution >= 0.6 is 11.6 Å². The van der Waals surface area contributed by atoms with Gasteiger partial charge in [0.05, 0.1) is 5.02 Å². The highest BCUT2D eigenvalue weighted by Crippen LogP contribution is 2.25. The molecule has 1 aromatic carbocycles. The van der Waals surface area contributed by atoms with Crippen molar-refractivity contribution < 1.29 is 8.78 Å². The average molecular weight is 232 g/mol. The second kappa shape index (κ2) is 4.73. The molecule has 0 heterocycles. The van der Waals surface area contributed by atoms with Crippen molar-refractivity contribution in [2.75, 3.05) is 0 Å². The molecule has 0 fully saturated rings. The molecule has 1 unspecified atom stereocenters. The number of nitrogens with two attached hydrogens (primary N) is 1. The van der Waals surface area contributed by atoms with E-state index in [2.05, 4.69) is 6.58 Å². The van der Waals surface area contributed by atoms with Crippen LogP contribution in [-0.2, 0) is 0 Å². The molecular weight excluding hydrogens is 220 g/mol. The summed E-state index contributed by atoms with van der Waals surface area (Å²) in [6, 6.07) is 1.38. The summed E-state index contributed by atoms with van der Waals surface area (Å²) < 4.78 is 26.5. The van der Waals surface area contributed by atoms with Crippen LogP contribution in [0.15, 0.2) is 24.3 Å². The van der Waals surface area contributed by atoms with Crippen molar-refractivity contribution in [1.82, 2.24) is 0 Å². The third-order valence-electron chi connectivity index (χ3n) is 2.01. The molecule has 0 spiro atoms. The van der Waals surface area contributed by atoms with Crippen LogP contribution < -0.4 is 5.73 Å². The number of benzene rings is 1. The van der Waals surface area contributed by atoms with E-state index < -0.39 is 17.7 Å². The quantitative estimate of drug-likeness (QED) is 0.625. The van der Waals surface area contributed by atoms with Crippen LogP contribution in [0.25, 0.3) is 0 Å². The molecule has 0 saturated carbocycles. The summed E-state index contributed by atoms with van der Waals surface area (Å²) in [5.41, 5.74) is 6.65. The fourth-order valence-corrected chi connectivity index (χ4v) is 1.46. The Morgan fingerprint density at radius 2 is 2.07 bits per heavy atom. The van der Waals surface area contributed by atoms with Gasteiger partial charge < -0.3 is 5.73 Å². The van der Waals surface area contributed by atoms with Gasteiger partial charge in [0.1, 0.15) is 11.6 Å². The van der Waals surface area contributed by atoms with Crippen LogP contribution in [0.2, 0.25) is 5.02 Å². The van der Waals surface area contributed by atoms with Gasteiger partial charge in [0.25, 0.3) is 0 Å². The Morgan fingerprint density at radius 3 is 2.60 bits per heavy atom. The smallest absolute Gasteiger partial charge is 0.142 e. The number of hydrogen-bond donors (Lipinski definition) is 1. The van der Waals surface area contributed by atoms with Gasteiger partial charge in [-0.1, -0.05) is 17.2 Å². The lowest BCUT2D eigenvalue weighted by atomic mass is 10.0. The Morgan fingerprint density at radius 1 is 1.47 bits per heavy atom. The molecule has 1 nitrogen and oxygen atoms in total. The fourth-order valence-electron chi connectivity index (χ4n) is 1.31. The second-order valence-electron chi connectivity index (χ2n) is 3.56. The largest absolute Gasteiger partial charge is 0.324 e. The van der Waals surface area contributed by atoms with E-state index in [9.17, 15) is 8.78 Å². The third kappa shape index (κ3) is 3.01. The van der Waals surface area contributed by atoms with Gasteiger partial charge >= 0.3 is 0 Å². The molecule has 82 valence electrons. The maximum absolute atomic E-state index is 13.4. The van der Waals surface area contributed by atoms with Gasteiger partial charge in [-0.2, -0.15) is 0 Å². The van der Waals surface area contributed by atoms with Crippen molar-refractivity contribution in [2.24, 2.45) is 5.73 Å². The Labute approximate surface area is 92.5 Å². The first-order valence-corrected chi connectivity index (χ1v) is 4.84. The highest BCUT2D eigenvalue weighted by Gasteiger charge is 2.14. The van der Waals surface area contributed by atoms with Crippen molar-refractivity contribution in [3.8, 4) is 0 Å². The van der Waals surface area contributed by atoms with Crippen LogP contribution in [0.1, 0.15) is 24.9 Å². The Kier molecular flexibility index (Phi) is 3.83. The maximum atomic E-state index is 13.4. The van der Waals surface area contributed by atoms with Gasteiger partial charge in [-0.3, -0.25) is 0 Å². The highest BCUT2D eigenvalue weighted by atomic mass is 35.5. The predicted octanol–water partition coefficient (Wildman–Crippen LogP) is 3.58. The topological polar surface area (TPSA) is 26.0 Å². The normalized spacial score (nSPS) is 12.6. The highest BCUT2D eigenvalue weighted by molar-refractivity contribution is 6.30. The molecule has 0 amide bonds. The summed E-state index contributed by atoms with van der Waals surface area (Å²) in [6.45, 7) is 5.45. The standard InChI is InChI=1S/C11H12ClF2N/c1-6(2)3-11(15)7-4-10(14)8(12)5-9(7)13/h4-5,11H,1,3,15H2,2H3. The van der Waals surface area contributed by atoms with E-state index in [4.69, 9.17) is 17.3 Å². The summed E-state index contributed by atoms with van der Waals surface area (Å²) in [4.78, 5) is 0. The Hall–Kier alpha value is -0.930. The van der Waals surface area contributed by atoms with Crippen LogP contribution in [0.5, 0.6) is 0 Å². The minimum Gasteiger partial charge on any atom is -0.324 e. The first kappa shape index (κ1) is 12.1. The van der Waals surface area contributed by atoms with Gasteiger partial charge in [-0.25, -0.2) is 8.78 Å². The average Bonchev–Trinajstić information content (AvgIpc) is 2.09. The minimum atomic E-state index is -0.662. The Balaban J connectivity index is 3.03. The lowest BCUT2D eigenvalue weighted by Gasteiger charge is -2.13. The van der Waals surface area contributed by atoms with Crippen LogP contribution in [0, 0.1) is 11.6 Å². The molecule has 0 aliphatic rings. The SMILES string of the molecule is C=C(C)CC(N)c1cc(F)c(Cl)cc1F. The molecule has 0 aliphatic carbocycles. The van der Waals surface area contributed by atoms with Gasteiger partial charge in [0, 0.05) is 11.6 Å². The van der Waals surface area contributed by atoms with E-state index in [-0.39, 0.29) is 10.6 Å². The summed E-state index contributed by atoms with van der Waals surface area (Å²) in [5, 5.41) is -0.237. The molecule has 0 bridgehead atoms. The zero-order valence-corrected chi connectivity index (χ0v) is 9.11. The second-order valence-corrected chi connectivity index (χ2v) is 3.96. The van der Waals surface area contributed by atoms with E-state index >= 15 is 0 Å². The molecular formula is C11H12ClF2N. The van der Waals surface area contributed by atoms with E-state index in [1.807, 2.05) is 0 Å². The summed E-state index contributed by atoms with van der Waals surface area (Å²) in [6.07, 6.45) is 0.415. The molecule has 15 heavy (non-hydrogen) atoms. The van der Waals surface area contributed by atoms with Crippen molar-refractivity contribution in [3.63, 3.8) is 0 Å². The van der Waals surface area contributed by atoms with Gasteiger partial charge in [-0.15, -0.1) is 6.58 Å². The molecule has 0 aromatic heterocycles. The number of halogens is 3. The maximum Gasteiger partial charge on any atom is 0.142 e. The van der Waals surface area contributed by atoms with Crippen molar-refractivity contribution in [3.05, 3.63) is 46.5 Å². The lowest BCUT2D eigenvalue weighted by Crippen LogP contribution is -2.12. The van der Waals surface area contributed by atoms with E-state index in [0.717, 1.165) is 17.7 Å². The summed E-state index contributed by atoms with van der Waals surface area (Å²) in [7, 11) is 0. The summed E-state index contributed by atoms with van der Waals surface area (Å²) >= 11 is 5.42. The zero-order chi connectivity index (χ0) is 11.6. The summed E-state index contributed by atoms with van der Waals surface area (Å²) in [5.74, 6) is -1.25. The zero-order valence-electron chi connectivity index (χ0n) is 8.36. The first-order chi connectivity index (χ1) is 6.91. The predicted molar refractivity (Wildman–Crippen MR) is 57.7 cm³/mol. The van der Waals surface area contributed by atoms with Gasteiger partial charge in [0.2, 0.25) is 0 Å². The number of hydrogen-bond acceptors (Lipinski definition) is 1. The first-order valence-electron chi connectivity index (χ1n) is 4.46. The van der Waals surface area contributed by atoms with Gasteiger partial charge in [0.15, 0.2) is 0 Å². The van der Waals surface area contributed by atoms with Crippen LogP contribution in [-0.4, -0.2) is 0 Å². The van der Waals surface area contributed by atoms with Crippen LogP contribution in [0.3, 0.4) is 0 Å². The fraction of sp³-hybridized carbons (Fsp3) is 0.273. The third-order valence-corrected chi connectivity index (χ3v) is 2.30. The van der Waals surface area contributed by atoms with E-state index in [1.54, 1.807) is 6.92 Å². The van der Waals surface area contributed by atoms with E-state index in [1.165, 1.54) is 0 Å². The van der Waals surface area contributed by atoms with Crippen molar-refractivity contribution in [2.45, 2.75) is 19.4 Å². The molecule has 0 saturated heterocycles.